The molecule has 0 aliphatic rings. The summed E-state index contributed by atoms with van der Waals surface area (Å²) in [5.74, 6) is -0.427. The molecule has 0 saturated heterocycles. The van der Waals surface area contributed by atoms with Crippen molar-refractivity contribution in [2.45, 2.75) is 25.5 Å². The number of amides is 1. The van der Waals surface area contributed by atoms with Gasteiger partial charge in [-0.2, -0.15) is 8.42 Å². The van der Waals surface area contributed by atoms with Crippen molar-refractivity contribution in [3.05, 3.63) is 71.8 Å². The highest BCUT2D eigenvalue weighted by Gasteiger charge is 2.17. The van der Waals surface area contributed by atoms with E-state index in [-0.39, 0.29) is 13.0 Å². The van der Waals surface area contributed by atoms with Crippen molar-refractivity contribution in [1.82, 2.24) is 5.32 Å². The van der Waals surface area contributed by atoms with Crippen LogP contribution in [0.4, 0.5) is 4.79 Å². The van der Waals surface area contributed by atoms with Crippen molar-refractivity contribution < 1.29 is 22.5 Å². The third-order valence-corrected chi connectivity index (χ3v) is 4.34. The van der Waals surface area contributed by atoms with E-state index in [2.05, 4.69) is 5.32 Å². The van der Waals surface area contributed by atoms with Crippen LogP contribution in [-0.4, -0.2) is 30.9 Å². The van der Waals surface area contributed by atoms with E-state index in [4.69, 9.17) is 9.29 Å². The van der Waals surface area contributed by atoms with Gasteiger partial charge in [0.05, 0.1) is 5.75 Å². The molecule has 0 bridgehead atoms. The molecule has 0 unspecified atom stereocenters. The van der Waals surface area contributed by atoms with Crippen molar-refractivity contribution in [2.75, 3.05) is 5.75 Å². The normalized spacial score (nSPS) is 12.4. The second kappa shape index (κ2) is 9.19. The SMILES string of the molecule is O=C(N[C@H](CCS(=O)(=O)O)Cc1ccccc1)OCc1ccccc1. The molecule has 0 aliphatic carbocycles. The molecule has 2 aromatic carbocycles. The minimum absolute atomic E-state index is 0.0914. The van der Waals surface area contributed by atoms with Crippen molar-refractivity contribution >= 4 is 16.2 Å². The van der Waals surface area contributed by atoms with Crippen LogP contribution in [0.5, 0.6) is 0 Å². The lowest BCUT2D eigenvalue weighted by molar-refractivity contribution is 0.135. The van der Waals surface area contributed by atoms with Crippen molar-refractivity contribution in [1.29, 1.82) is 0 Å². The molecule has 2 rings (SSSR count). The Morgan fingerprint density at radius 2 is 1.56 bits per heavy atom. The van der Waals surface area contributed by atoms with Gasteiger partial charge in [-0.1, -0.05) is 60.7 Å². The molecule has 0 aliphatic heterocycles. The molecule has 1 atom stereocenters. The van der Waals surface area contributed by atoms with Gasteiger partial charge in [-0.25, -0.2) is 4.79 Å². The molecule has 1 amide bonds. The minimum atomic E-state index is -4.09. The highest BCUT2D eigenvalue weighted by atomic mass is 32.2. The second-order valence-corrected chi connectivity index (χ2v) is 7.24. The van der Waals surface area contributed by atoms with E-state index in [0.717, 1.165) is 11.1 Å². The summed E-state index contributed by atoms with van der Waals surface area (Å²) in [5, 5.41) is 2.67. The zero-order chi connectivity index (χ0) is 18.1. The summed E-state index contributed by atoms with van der Waals surface area (Å²) in [6.07, 6.45) is -0.0922. The number of carbonyl (C=O) groups excluding carboxylic acids is 1. The van der Waals surface area contributed by atoms with Gasteiger partial charge in [0, 0.05) is 6.04 Å². The molecule has 7 heteroatoms. The lowest BCUT2D eigenvalue weighted by Crippen LogP contribution is -2.38. The van der Waals surface area contributed by atoms with Gasteiger partial charge in [-0.05, 0) is 24.0 Å². The first-order valence-corrected chi connectivity index (χ1v) is 9.49. The summed E-state index contributed by atoms with van der Waals surface area (Å²) in [7, 11) is -4.09. The predicted octanol–water partition coefficient (Wildman–Crippen LogP) is 2.80. The van der Waals surface area contributed by atoms with Gasteiger partial charge in [-0.15, -0.1) is 0 Å². The average Bonchev–Trinajstić information content (AvgIpc) is 2.59. The fourth-order valence-corrected chi connectivity index (χ4v) is 2.93. The van der Waals surface area contributed by atoms with E-state index in [1.165, 1.54) is 0 Å². The first-order valence-electron chi connectivity index (χ1n) is 7.89. The van der Waals surface area contributed by atoms with Gasteiger partial charge >= 0.3 is 6.09 Å². The summed E-state index contributed by atoms with van der Waals surface area (Å²) in [4.78, 5) is 12.0. The van der Waals surface area contributed by atoms with Crippen molar-refractivity contribution in [3.8, 4) is 0 Å². The molecule has 0 fully saturated rings. The summed E-state index contributed by atoms with van der Waals surface area (Å²) < 4.78 is 36.1. The van der Waals surface area contributed by atoms with Crippen LogP contribution in [0.3, 0.4) is 0 Å². The number of ether oxygens (including phenoxy) is 1. The zero-order valence-electron chi connectivity index (χ0n) is 13.7. The Hall–Kier alpha value is -2.38. The smallest absolute Gasteiger partial charge is 0.407 e. The first-order chi connectivity index (χ1) is 11.9. The quantitative estimate of drug-likeness (QED) is 0.704. The number of benzene rings is 2. The second-order valence-electron chi connectivity index (χ2n) is 5.67. The number of hydrogen-bond acceptors (Lipinski definition) is 4. The summed E-state index contributed by atoms with van der Waals surface area (Å²) in [6, 6.07) is 18.2. The lowest BCUT2D eigenvalue weighted by atomic mass is 10.0. The van der Waals surface area contributed by atoms with Crippen LogP contribution in [0.15, 0.2) is 60.7 Å². The number of carbonyl (C=O) groups is 1. The predicted molar refractivity (Wildman–Crippen MR) is 94.7 cm³/mol. The molecule has 25 heavy (non-hydrogen) atoms. The van der Waals surface area contributed by atoms with E-state index in [9.17, 15) is 13.2 Å². The monoisotopic (exact) mass is 363 g/mol. The van der Waals surface area contributed by atoms with Crippen LogP contribution in [0.1, 0.15) is 17.5 Å². The number of rotatable bonds is 8. The molecule has 134 valence electrons. The van der Waals surface area contributed by atoms with E-state index in [0.29, 0.717) is 6.42 Å². The van der Waals surface area contributed by atoms with Crippen LogP contribution in [0.25, 0.3) is 0 Å². The van der Waals surface area contributed by atoms with Gasteiger partial charge in [0.15, 0.2) is 0 Å². The molecule has 0 saturated carbocycles. The standard InChI is InChI=1S/C18H21NO5S/c20-18(24-14-16-9-5-2-6-10-16)19-17(11-12-25(21,22)23)13-15-7-3-1-4-8-15/h1-10,17H,11-14H2,(H,19,20)(H,21,22,23)/t17-/m1/s1. The number of hydrogen-bond donors (Lipinski definition) is 2. The van der Waals surface area contributed by atoms with Gasteiger partial charge in [-0.3, -0.25) is 4.55 Å². The Morgan fingerprint density at radius 1 is 1.00 bits per heavy atom. The maximum atomic E-state index is 12.0. The van der Waals surface area contributed by atoms with Gasteiger partial charge < -0.3 is 10.1 Å². The molecule has 0 radical (unpaired) electrons. The van der Waals surface area contributed by atoms with Gasteiger partial charge in [0.1, 0.15) is 6.61 Å². The Balaban J connectivity index is 1.92. The fourth-order valence-electron chi connectivity index (χ4n) is 2.35. The van der Waals surface area contributed by atoms with Gasteiger partial charge in [0.25, 0.3) is 10.1 Å². The average molecular weight is 363 g/mol. The highest BCUT2D eigenvalue weighted by Crippen LogP contribution is 2.08. The van der Waals surface area contributed by atoms with Gasteiger partial charge in [0.2, 0.25) is 0 Å². The summed E-state index contributed by atoms with van der Waals surface area (Å²) in [6.45, 7) is 0.128. The summed E-state index contributed by atoms with van der Waals surface area (Å²) >= 11 is 0. The van der Waals surface area contributed by atoms with E-state index < -0.39 is 28.0 Å². The summed E-state index contributed by atoms with van der Waals surface area (Å²) in [5.41, 5.74) is 1.81. The van der Waals surface area contributed by atoms with Crippen LogP contribution >= 0.6 is 0 Å². The molecule has 0 spiro atoms. The molecular formula is C18H21NO5S. The Labute approximate surface area is 147 Å². The van der Waals surface area contributed by atoms with Crippen LogP contribution in [-0.2, 0) is 27.9 Å². The first kappa shape index (κ1) is 19.0. The molecule has 0 aromatic heterocycles. The largest absolute Gasteiger partial charge is 0.445 e. The zero-order valence-corrected chi connectivity index (χ0v) is 14.5. The molecular weight excluding hydrogens is 342 g/mol. The Kier molecular flexibility index (Phi) is 6.97. The van der Waals surface area contributed by atoms with E-state index >= 15 is 0 Å². The third kappa shape index (κ3) is 7.82. The highest BCUT2D eigenvalue weighted by molar-refractivity contribution is 7.85. The Morgan fingerprint density at radius 3 is 2.12 bits per heavy atom. The van der Waals surface area contributed by atoms with Crippen LogP contribution in [0.2, 0.25) is 0 Å². The number of alkyl carbamates (subject to hydrolysis) is 1. The Bertz CT molecular complexity index is 763. The topological polar surface area (TPSA) is 92.7 Å². The molecule has 2 aromatic rings. The third-order valence-electron chi connectivity index (χ3n) is 3.58. The van der Waals surface area contributed by atoms with Crippen molar-refractivity contribution in [2.24, 2.45) is 0 Å². The maximum Gasteiger partial charge on any atom is 0.407 e. The maximum absolute atomic E-state index is 12.0. The van der Waals surface area contributed by atoms with E-state index in [1.807, 2.05) is 60.7 Å². The van der Waals surface area contributed by atoms with E-state index in [1.54, 1.807) is 0 Å². The molecule has 2 N–H and O–H groups in total. The molecule has 6 nitrogen and oxygen atoms in total. The minimum Gasteiger partial charge on any atom is -0.445 e. The fraction of sp³-hybridized carbons (Fsp3) is 0.278. The van der Waals surface area contributed by atoms with Crippen LogP contribution < -0.4 is 5.32 Å². The lowest BCUT2D eigenvalue weighted by Gasteiger charge is -2.18. The van der Waals surface area contributed by atoms with Crippen molar-refractivity contribution in [3.63, 3.8) is 0 Å². The number of nitrogens with one attached hydrogen (secondary N) is 1. The molecule has 0 heterocycles. The van der Waals surface area contributed by atoms with Crippen LogP contribution in [0, 0.1) is 0 Å².